The second-order valence-electron chi connectivity index (χ2n) is 4.50. The largest absolute Gasteiger partial charge is 0.504 e. The summed E-state index contributed by atoms with van der Waals surface area (Å²) in [5.74, 6) is -0.0145. The van der Waals surface area contributed by atoms with Gasteiger partial charge in [0.2, 0.25) is 0 Å². The van der Waals surface area contributed by atoms with Crippen molar-refractivity contribution >= 4 is 23.2 Å². The molecule has 0 saturated carbocycles. The summed E-state index contributed by atoms with van der Waals surface area (Å²) in [6.45, 7) is 1.73. The molecule has 0 spiro atoms. The first-order valence-electron chi connectivity index (χ1n) is 6.49. The Morgan fingerprint density at radius 3 is 2.68 bits per heavy atom. The van der Waals surface area contributed by atoms with Crippen LogP contribution in [-0.2, 0) is 0 Å². The minimum absolute atomic E-state index is 0.0409. The predicted molar refractivity (Wildman–Crippen MR) is 85.8 cm³/mol. The summed E-state index contributed by atoms with van der Waals surface area (Å²) in [5, 5.41) is 14.0. The van der Waals surface area contributed by atoms with Gasteiger partial charge in [0.05, 0.1) is 23.4 Å². The van der Waals surface area contributed by atoms with Gasteiger partial charge in [-0.25, -0.2) is 5.43 Å². The van der Waals surface area contributed by atoms with Crippen LogP contribution in [0, 0.1) is 0 Å². The molecule has 0 aliphatic carbocycles. The summed E-state index contributed by atoms with van der Waals surface area (Å²) in [7, 11) is 1.46. The Morgan fingerprint density at radius 1 is 1.27 bits per heavy atom. The third-order valence-corrected chi connectivity index (χ3v) is 3.37. The van der Waals surface area contributed by atoms with Gasteiger partial charge in [0, 0.05) is 5.56 Å². The number of amides is 1. The normalized spacial score (nSPS) is 11.1. The number of phenolic OH excluding ortho intramolecular Hbond substituents is 1. The zero-order chi connectivity index (χ0) is 16.1. The Kier molecular flexibility index (Phi) is 5.01. The molecule has 2 aromatic carbocycles. The van der Waals surface area contributed by atoms with E-state index in [1.54, 1.807) is 43.3 Å². The molecule has 0 saturated heterocycles. The molecule has 22 heavy (non-hydrogen) atoms. The van der Waals surface area contributed by atoms with Gasteiger partial charge in [-0.1, -0.05) is 23.7 Å². The predicted octanol–water partition coefficient (Wildman–Crippen LogP) is 3.21. The third kappa shape index (κ3) is 3.56. The minimum Gasteiger partial charge on any atom is -0.504 e. The Bertz CT molecular complexity index is 729. The first kappa shape index (κ1) is 15.9. The molecule has 2 rings (SSSR count). The molecule has 0 unspecified atom stereocenters. The van der Waals surface area contributed by atoms with Crippen LogP contribution in [0.2, 0.25) is 5.02 Å². The van der Waals surface area contributed by atoms with E-state index in [0.29, 0.717) is 27.6 Å². The Hall–Kier alpha value is -2.53. The first-order chi connectivity index (χ1) is 10.5. The van der Waals surface area contributed by atoms with E-state index in [0.717, 1.165) is 0 Å². The van der Waals surface area contributed by atoms with Crippen molar-refractivity contribution in [3.05, 3.63) is 58.6 Å². The van der Waals surface area contributed by atoms with Crippen LogP contribution >= 0.6 is 11.6 Å². The van der Waals surface area contributed by atoms with Gasteiger partial charge in [0.15, 0.2) is 11.5 Å². The number of aromatic hydroxyl groups is 1. The van der Waals surface area contributed by atoms with Crippen LogP contribution in [-0.4, -0.2) is 23.8 Å². The first-order valence-corrected chi connectivity index (χ1v) is 6.87. The van der Waals surface area contributed by atoms with Crippen molar-refractivity contribution in [1.82, 2.24) is 5.43 Å². The molecule has 114 valence electrons. The van der Waals surface area contributed by atoms with Crippen molar-refractivity contribution in [2.24, 2.45) is 5.10 Å². The molecule has 0 aromatic heterocycles. The molecule has 0 radical (unpaired) electrons. The smallest absolute Gasteiger partial charge is 0.272 e. The van der Waals surface area contributed by atoms with E-state index in [1.165, 1.54) is 13.2 Å². The van der Waals surface area contributed by atoms with Crippen LogP contribution in [0.4, 0.5) is 0 Å². The standard InChI is InChI=1S/C16H15ClN2O3/c1-10(11-7-8-14(20)15(9-11)22-2)18-19-16(21)12-5-3-4-6-13(12)17/h3-9,20H,1-2H3,(H,19,21)/b18-10+. The number of nitrogens with zero attached hydrogens (tertiary/aromatic N) is 1. The number of phenols is 1. The zero-order valence-corrected chi connectivity index (χ0v) is 12.9. The molecule has 0 aliphatic rings. The van der Waals surface area contributed by atoms with Crippen LogP contribution in [0.3, 0.4) is 0 Å². The van der Waals surface area contributed by atoms with E-state index in [2.05, 4.69) is 10.5 Å². The number of methoxy groups -OCH3 is 1. The van der Waals surface area contributed by atoms with E-state index in [1.807, 2.05) is 0 Å². The number of carbonyl (C=O) groups is 1. The van der Waals surface area contributed by atoms with Crippen LogP contribution in [0.5, 0.6) is 11.5 Å². The van der Waals surface area contributed by atoms with Crippen LogP contribution in [0.1, 0.15) is 22.8 Å². The number of hydrazone groups is 1. The molecule has 6 heteroatoms. The number of carbonyl (C=O) groups excluding carboxylic acids is 1. The number of hydrogen-bond donors (Lipinski definition) is 2. The van der Waals surface area contributed by atoms with E-state index in [4.69, 9.17) is 16.3 Å². The van der Waals surface area contributed by atoms with Gasteiger partial charge in [-0.05, 0) is 37.3 Å². The molecule has 0 atom stereocenters. The maximum Gasteiger partial charge on any atom is 0.272 e. The summed E-state index contributed by atoms with van der Waals surface area (Å²) in [5.41, 5.74) is 4.09. The van der Waals surface area contributed by atoms with E-state index >= 15 is 0 Å². The number of rotatable bonds is 4. The van der Waals surface area contributed by atoms with Crippen LogP contribution < -0.4 is 10.2 Å². The van der Waals surface area contributed by atoms with Crippen molar-refractivity contribution in [2.75, 3.05) is 7.11 Å². The highest BCUT2D eigenvalue weighted by molar-refractivity contribution is 6.33. The number of benzene rings is 2. The Labute approximate surface area is 133 Å². The lowest BCUT2D eigenvalue weighted by molar-refractivity contribution is 0.0955. The lowest BCUT2D eigenvalue weighted by Gasteiger charge is -2.07. The van der Waals surface area contributed by atoms with E-state index in [-0.39, 0.29) is 5.75 Å². The molecule has 5 nitrogen and oxygen atoms in total. The molecule has 2 aromatic rings. The molecule has 2 N–H and O–H groups in total. The molecular formula is C16H15ClN2O3. The van der Waals surface area contributed by atoms with Crippen molar-refractivity contribution in [1.29, 1.82) is 0 Å². The zero-order valence-electron chi connectivity index (χ0n) is 12.1. The summed E-state index contributed by atoms with van der Waals surface area (Å²) in [4.78, 5) is 12.0. The average Bonchev–Trinajstić information content (AvgIpc) is 2.53. The number of nitrogens with one attached hydrogen (secondary N) is 1. The van der Waals surface area contributed by atoms with Crippen molar-refractivity contribution in [2.45, 2.75) is 6.92 Å². The van der Waals surface area contributed by atoms with Crippen LogP contribution in [0.25, 0.3) is 0 Å². The Balaban J connectivity index is 2.16. The Morgan fingerprint density at radius 2 is 2.00 bits per heavy atom. The second-order valence-corrected chi connectivity index (χ2v) is 4.91. The molecule has 1 amide bonds. The highest BCUT2D eigenvalue weighted by Gasteiger charge is 2.09. The molecule has 0 fully saturated rings. The number of halogens is 1. The van der Waals surface area contributed by atoms with Crippen molar-refractivity contribution in [3.63, 3.8) is 0 Å². The van der Waals surface area contributed by atoms with Gasteiger partial charge in [-0.2, -0.15) is 5.10 Å². The fourth-order valence-electron chi connectivity index (χ4n) is 1.81. The van der Waals surface area contributed by atoms with Crippen molar-refractivity contribution in [3.8, 4) is 11.5 Å². The maximum atomic E-state index is 12.0. The summed E-state index contributed by atoms with van der Waals surface area (Å²) >= 11 is 5.95. The minimum atomic E-state index is -0.393. The summed E-state index contributed by atoms with van der Waals surface area (Å²) < 4.78 is 5.04. The van der Waals surface area contributed by atoms with Gasteiger partial charge in [0.25, 0.3) is 5.91 Å². The third-order valence-electron chi connectivity index (χ3n) is 3.04. The summed E-state index contributed by atoms with van der Waals surface area (Å²) in [6, 6.07) is 11.5. The van der Waals surface area contributed by atoms with Crippen molar-refractivity contribution < 1.29 is 14.6 Å². The topological polar surface area (TPSA) is 70.9 Å². The highest BCUT2D eigenvalue weighted by Crippen LogP contribution is 2.26. The van der Waals surface area contributed by atoms with E-state index in [9.17, 15) is 9.90 Å². The lowest BCUT2D eigenvalue weighted by atomic mass is 10.1. The van der Waals surface area contributed by atoms with Gasteiger partial charge in [-0.3, -0.25) is 4.79 Å². The summed E-state index contributed by atoms with van der Waals surface area (Å²) in [6.07, 6.45) is 0. The fourth-order valence-corrected chi connectivity index (χ4v) is 2.03. The van der Waals surface area contributed by atoms with E-state index < -0.39 is 5.91 Å². The molecule has 0 aliphatic heterocycles. The number of ether oxygens (including phenoxy) is 1. The fraction of sp³-hybridized carbons (Fsp3) is 0.125. The second kappa shape index (κ2) is 6.95. The van der Waals surface area contributed by atoms with Gasteiger partial charge in [0.1, 0.15) is 0 Å². The van der Waals surface area contributed by atoms with Gasteiger partial charge < -0.3 is 9.84 Å². The quantitative estimate of drug-likeness (QED) is 0.671. The van der Waals surface area contributed by atoms with Gasteiger partial charge >= 0.3 is 0 Å². The highest BCUT2D eigenvalue weighted by atomic mass is 35.5. The number of hydrogen-bond acceptors (Lipinski definition) is 4. The monoisotopic (exact) mass is 318 g/mol. The molecule has 0 bridgehead atoms. The average molecular weight is 319 g/mol. The SMILES string of the molecule is COc1cc(/C(C)=N/NC(=O)c2ccccc2Cl)ccc1O. The molecular weight excluding hydrogens is 304 g/mol. The lowest BCUT2D eigenvalue weighted by Crippen LogP contribution is -2.19. The van der Waals surface area contributed by atoms with Gasteiger partial charge in [-0.15, -0.1) is 0 Å². The van der Waals surface area contributed by atoms with Crippen LogP contribution in [0.15, 0.2) is 47.6 Å². The maximum absolute atomic E-state index is 12.0. The molecule has 0 heterocycles.